The number of fused-ring (bicyclic) bond motifs is 1. The van der Waals surface area contributed by atoms with Crippen molar-refractivity contribution in [2.75, 3.05) is 12.3 Å². The maximum atomic E-state index is 14.0. The van der Waals surface area contributed by atoms with Gasteiger partial charge < -0.3 is 10.6 Å². The van der Waals surface area contributed by atoms with E-state index in [-0.39, 0.29) is 24.3 Å². The molecule has 2 fully saturated rings. The zero-order chi connectivity index (χ0) is 19.0. The molecule has 0 radical (unpaired) electrons. The Morgan fingerprint density at radius 2 is 2.07 bits per heavy atom. The van der Waals surface area contributed by atoms with E-state index in [1.54, 1.807) is 12.1 Å². The molecular formula is C19H22FN3O3S. The summed E-state index contributed by atoms with van der Waals surface area (Å²) in [5, 5.41) is 5.67. The highest BCUT2D eigenvalue weighted by Gasteiger charge is 2.51. The number of carbonyl (C=O) groups is 3. The van der Waals surface area contributed by atoms with Gasteiger partial charge in [0.25, 0.3) is 5.91 Å². The van der Waals surface area contributed by atoms with Gasteiger partial charge in [0.1, 0.15) is 17.9 Å². The van der Waals surface area contributed by atoms with Crippen LogP contribution in [-0.4, -0.2) is 40.6 Å². The van der Waals surface area contributed by atoms with E-state index in [0.29, 0.717) is 29.9 Å². The fourth-order valence-electron chi connectivity index (χ4n) is 4.23. The van der Waals surface area contributed by atoms with Crippen LogP contribution in [-0.2, 0) is 9.59 Å². The quantitative estimate of drug-likeness (QED) is 0.777. The number of amides is 4. The predicted molar refractivity (Wildman–Crippen MR) is 98.7 cm³/mol. The number of rotatable bonds is 3. The molecule has 6 nitrogen and oxygen atoms in total. The van der Waals surface area contributed by atoms with E-state index in [9.17, 15) is 18.8 Å². The summed E-state index contributed by atoms with van der Waals surface area (Å²) in [5.74, 6) is -0.290. The molecule has 1 aromatic rings. The number of urea groups is 1. The van der Waals surface area contributed by atoms with Crippen LogP contribution in [0.3, 0.4) is 0 Å². The van der Waals surface area contributed by atoms with Crippen molar-refractivity contribution in [2.24, 2.45) is 0 Å². The minimum Gasteiger partial charge on any atom is -0.348 e. The first-order valence-corrected chi connectivity index (χ1v) is 10.3. The highest BCUT2D eigenvalue weighted by molar-refractivity contribution is 7.99. The first-order chi connectivity index (χ1) is 13.0. The number of nitrogens with one attached hydrogen (secondary N) is 2. The second-order valence-electron chi connectivity index (χ2n) is 7.38. The number of thioether (sulfide) groups is 1. The van der Waals surface area contributed by atoms with Gasteiger partial charge in [0.05, 0.1) is 6.04 Å². The Bertz CT molecular complexity index is 794. The smallest absolute Gasteiger partial charge is 0.325 e. The minimum absolute atomic E-state index is 0.287. The molecule has 1 aromatic carbocycles. The zero-order valence-corrected chi connectivity index (χ0v) is 15.7. The van der Waals surface area contributed by atoms with Crippen molar-refractivity contribution < 1.29 is 18.8 Å². The van der Waals surface area contributed by atoms with Gasteiger partial charge in [0.15, 0.2) is 0 Å². The van der Waals surface area contributed by atoms with Gasteiger partial charge >= 0.3 is 6.03 Å². The van der Waals surface area contributed by atoms with E-state index < -0.39 is 17.5 Å². The van der Waals surface area contributed by atoms with Crippen LogP contribution in [0.5, 0.6) is 0 Å². The minimum atomic E-state index is -0.827. The van der Waals surface area contributed by atoms with E-state index in [0.717, 1.165) is 29.7 Å². The molecule has 1 aliphatic carbocycles. The summed E-state index contributed by atoms with van der Waals surface area (Å²) in [6.45, 7) is -0.305. The summed E-state index contributed by atoms with van der Waals surface area (Å²) < 4.78 is 14.0. The molecule has 4 amide bonds. The van der Waals surface area contributed by atoms with Gasteiger partial charge in [-0.2, -0.15) is 0 Å². The average molecular weight is 391 g/mol. The van der Waals surface area contributed by atoms with Gasteiger partial charge in [0, 0.05) is 10.6 Å². The summed E-state index contributed by atoms with van der Waals surface area (Å²) in [7, 11) is 0. The Labute approximate surface area is 161 Å². The van der Waals surface area contributed by atoms with Crippen LogP contribution in [0.1, 0.15) is 50.1 Å². The molecule has 144 valence electrons. The predicted octanol–water partition coefficient (Wildman–Crippen LogP) is 2.73. The lowest BCUT2D eigenvalue weighted by molar-refractivity contribution is -0.136. The van der Waals surface area contributed by atoms with E-state index in [1.165, 1.54) is 17.8 Å². The van der Waals surface area contributed by atoms with E-state index >= 15 is 0 Å². The zero-order valence-electron chi connectivity index (χ0n) is 14.9. The first-order valence-electron chi connectivity index (χ1n) is 9.35. The second-order valence-corrected chi connectivity index (χ2v) is 8.48. The molecule has 2 heterocycles. The van der Waals surface area contributed by atoms with Crippen LogP contribution < -0.4 is 10.6 Å². The molecule has 0 bridgehead atoms. The molecule has 27 heavy (non-hydrogen) atoms. The second kappa shape index (κ2) is 7.14. The summed E-state index contributed by atoms with van der Waals surface area (Å²) in [4.78, 5) is 39.2. The Morgan fingerprint density at radius 3 is 2.85 bits per heavy atom. The first kappa shape index (κ1) is 18.3. The maximum Gasteiger partial charge on any atom is 0.325 e. The van der Waals surface area contributed by atoms with Crippen LogP contribution in [0.15, 0.2) is 23.1 Å². The number of imide groups is 1. The summed E-state index contributed by atoms with van der Waals surface area (Å²) >= 11 is 1.44. The number of carbonyl (C=O) groups excluding carboxylic acids is 3. The highest BCUT2D eigenvalue weighted by Crippen LogP contribution is 2.38. The van der Waals surface area contributed by atoms with Crippen LogP contribution in [0, 0.1) is 5.82 Å². The molecule has 3 aliphatic rings. The lowest BCUT2D eigenvalue weighted by Gasteiger charge is -2.30. The SMILES string of the molecule is O=C(CN1C(=O)NC2(CCCCC2)C1=O)NC1CCSc2c(F)cccc21. The molecule has 0 aromatic heterocycles. The average Bonchev–Trinajstić information content (AvgIpc) is 2.87. The third-order valence-corrected chi connectivity index (χ3v) is 6.77. The van der Waals surface area contributed by atoms with Crippen LogP contribution in [0.2, 0.25) is 0 Å². The molecule has 2 N–H and O–H groups in total. The van der Waals surface area contributed by atoms with Crippen LogP contribution in [0.4, 0.5) is 9.18 Å². The number of hydrogen-bond acceptors (Lipinski definition) is 4. The molecular weight excluding hydrogens is 369 g/mol. The topological polar surface area (TPSA) is 78.5 Å². The van der Waals surface area contributed by atoms with Gasteiger partial charge in [-0.05, 0) is 30.9 Å². The standard InChI is InChI=1S/C19H22FN3O3S/c20-13-6-4-5-12-14(7-10-27-16(12)13)21-15(24)11-23-17(25)19(22-18(23)26)8-2-1-3-9-19/h4-6,14H,1-3,7-11H2,(H,21,24)(H,22,26). The number of benzene rings is 1. The van der Waals surface area contributed by atoms with Crippen LogP contribution >= 0.6 is 11.8 Å². The number of nitrogens with zero attached hydrogens (tertiary/aromatic N) is 1. The fraction of sp³-hybridized carbons (Fsp3) is 0.526. The number of halogens is 1. The lowest BCUT2D eigenvalue weighted by Crippen LogP contribution is -2.49. The van der Waals surface area contributed by atoms with Gasteiger partial charge in [-0.15, -0.1) is 11.8 Å². The van der Waals surface area contributed by atoms with Crippen molar-refractivity contribution in [1.82, 2.24) is 15.5 Å². The van der Waals surface area contributed by atoms with Gasteiger partial charge in [-0.25, -0.2) is 9.18 Å². The summed E-state index contributed by atoms with van der Waals surface area (Å²) in [5.41, 5.74) is -0.0761. The van der Waals surface area contributed by atoms with Gasteiger partial charge in [-0.3, -0.25) is 14.5 Å². The van der Waals surface area contributed by atoms with Crippen molar-refractivity contribution >= 4 is 29.6 Å². The Kier molecular flexibility index (Phi) is 4.84. The normalized spacial score (nSPS) is 23.9. The molecule has 1 saturated carbocycles. The van der Waals surface area contributed by atoms with Crippen molar-refractivity contribution in [1.29, 1.82) is 0 Å². The molecule has 1 saturated heterocycles. The Morgan fingerprint density at radius 1 is 1.30 bits per heavy atom. The molecule has 1 unspecified atom stereocenters. The third kappa shape index (κ3) is 3.31. The van der Waals surface area contributed by atoms with Crippen molar-refractivity contribution in [3.8, 4) is 0 Å². The third-order valence-electron chi connectivity index (χ3n) is 5.62. The van der Waals surface area contributed by atoms with Crippen molar-refractivity contribution in [3.05, 3.63) is 29.6 Å². The van der Waals surface area contributed by atoms with Crippen LogP contribution in [0.25, 0.3) is 0 Å². The Balaban J connectivity index is 1.44. The molecule has 2 aliphatic heterocycles. The largest absolute Gasteiger partial charge is 0.348 e. The highest BCUT2D eigenvalue weighted by atomic mass is 32.2. The van der Waals surface area contributed by atoms with E-state index in [4.69, 9.17) is 0 Å². The van der Waals surface area contributed by atoms with E-state index in [2.05, 4.69) is 10.6 Å². The van der Waals surface area contributed by atoms with Crippen molar-refractivity contribution in [3.63, 3.8) is 0 Å². The summed E-state index contributed by atoms with van der Waals surface area (Å²) in [6, 6.07) is 4.04. The van der Waals surface area contributed by atoms with Crippen molar-refractivity contribution in [2.45, 2.75) is 55.0 Å². The van der Waals surface area contributed by atoms with E-state index in [1.807, 2.05) is 0 Å². The van der Waals surface area contributed by atoms with Gasteiger partial charge in [-0.1, -0.05) is 31.4 Å². The maximum absolute atomic E-state index is 14.0. The molecule has 4 rings (SSSR count). The molecule has 1 spiro atoms. The fourth-order valence-corrected chi connectivity index (χ4v) is 5.37. The lowest BCUT2D eigenvalue weighted by atomic mass is 9.82. The van der Waals surface area contributed by atoms with Gasteiger partial charge in [0.2, 0.25) is 5.91 Å². The number of hydrogen-bond donors (Lipinski definition) is 2. The molecule has 1 atom stereocenters. The Hall–Kier alpha value is -2.09. The monoisotopic (exact) mass is 391 g/mol. The molecule has 8 heteroatoms. The summed E-state index contributed by atoms with van der Waals surface area (Å²) in [6.07, 6.45) is 4.78.